The third-order valence-corrected chi connectivity index (χ3v) is 3.99. The maximum Gasteiger partial charge on any atom is 0.273 e. The van der Waals surface area contributed by atoms with Crippen LogP contribution < -0.4 is 4.72 Å². The molecular formula is C10H10N4O5S. The number of non-ortho nitro benzene ring substituents is 1. The lowest BCUT2D eigenvalue weighted by atomic mass is 10.3. The van der Waals surface area contributed by atoms with Crippen LogP contribution in [0.15, 0.2) is 29.3 Å². The Balaban J connectivity index is 2.36. The first-order valence-corrected chi connectivity index (χ1v) is 6.80. The van der Waals surface area contributed by atoms with Gasteiger partial charge in [-0.1, -0.05) is 0 Å². The number of phenolic OH excluding ortho intramolecular Hbond substituents is 1. The van der Waals surface area contributed by atoms with Crippen molar-refractivity contribution in [1.82, 2.24) is 10.2 Å². The molecule has 1 heterocycles. The van der Waals surface area contributed by atoms with Gasteiger partial charge in [-0.25, -0.2) is 8.42 Å². The van der Waals surface area contributed by atoms with Gasteiger partial charge in [0, 0.05) is 6.07 Å². The number of nitro groups is 1. The number of phenols is 1. The van der Waals surface area contributed by atoms with E-state index in [2.05, 4.69) is 14.9 Å². The number of nitrogens with one attached hydrogen (secondary N) is 2. The summed E-state index contributed by atoms with van der Waals surface area (Å²) in [5.41, 5.74) is -0.167. The molecule has 20 heavy (non-hydrogen) atoms. The number of aryl methyl sites for hydroxylation is 1. The summed E-state index contributed by atoms with van der Waals surface area (Å²) < 4.78 is 26.2. The monoisotopic (exact) mass is 298 g/mol. The Morgan fingerprint density at radius 3 is 2.65 bits per heavy atom. The maximum atomic E-state index is 12.0. The maximum absolute atomic E-state index is 12.0. The third kappa shape index (κ3) is 2.54. The number of hydrogen-bond acceptors (Lipinski definition) is 6. The lowest BCUT2D eigenvalue weighted by molar-refractivity contribution is -0.384. The fourth-order valence-electron chi connectivity index (χ4n) is 1.53. The number of aromatic nitrogens is 2. The highest BCUT2D eigenvalue weighted by atomic mass is 32.2. The number of rotatable bonds is 4. The van der Waals surface area contributed by atoms with Gasteiger partial charge >= 0.3 is 0 Å². The average Bonchev–Trinajstić information content (AvgIpc) is 2.78. The smallest absolute Gasteiger partial charge is 0.273 e. The van der Waals surface area contributed by atoms with Gasteiger partial charge in [-0.3, -0.25) is 19.9 Å². The molecule has 0 unspecified atom stereocenters. The molecule has 0 spiro atoms. The molecular weight excluding hydrogens is 288 g/mol. The van der Waals surface area contributed by atoms with E-state index in [0.717, 1.165) is 24.4 Å². The third-order valence-electron chi connectivity index (χ3n) is 2.51. The van der Waals surface area contributed by atoms with Crippen LogP contribution in [-0.2, 0) is 10.0 Å². The van der Waals surface area contributed by atoms with Crippen LogP contribution in [0.1, 0.15) is 5.69 Å². The molecule has 0 bridgehead atoms. The highest BCUT2D eigenvalue weighted by molar-refractivity contribution is 7.92. The summed E-state index contributed by atoms with van der Waals surface area (Å²) in [4.78, 5) is 9.75. The zero-order valence-electron chi connectivity index (χ0n) is 10.2. The van der Waals surface area contributed by atoms with E-state index in [-0.39, 0.29) is 16.3 Å². The number of sulfonamides is 1. The van der Waals surface area contributed by atoms with Crippen molar-refractivity contribution in [3.8, 4) is 5.75 Å². The van der Waals surface area contributed by atoms with Crippen LogP contribution in [0.2, 0.25) is 0 Å². The molecule has 1 aromatic heterocycles. The van der Waals surface area contributed by atoms with Crippen LogP contribution in [0.3, 0.4) is 0 Å². The van der Waals surface area contributed by atoms with Crippen LogP contribution in [0, 0.1) is 17.0 Å². The molecule has 0 saturated heterocycles. The zero-order valence-corrected chi connectivity index (χ0v) is 11.0. The molecule has 1 aromatic carbocycles. The fraction of sp³-hybridized carbons (Fsp3) is 0.100. The number of hydrogen-bond donors (Lipinski definition) is 3. The molecule has 0 aliphatic heterocycles. The van der Waals surface area contributed by atoms with E-state index >= 15 is 0 Å². The number of nitro benzene ring substituents is 1. The molecule has 0 atom stereocenters. The van der Waals surface area contributed by atoms with Crippen molar-refractivity contribution in [3.63, 3.8) is 0 Å². The van der Waals surface area contributed by atoms with Crippen LogP contribution in [-0.4, -0.2) is 28.6 Å². The second kappa shape index (κ2) is 4.81. The van der Waals surface area contributed by atoms with Crippen LogP contribution in [0.5, 0.6) is 5.75 Å². The number of anilines is 1. The summed E-state index contributed by atoms with van der Waals surface area (Å²) in [6.45, 7) is 1.53. The van der Waals surface area contributed by atoms with Crippen LogP contribution in [0.25, 0.3) is 0 Å². The van der Waals surface area contributed by atoms with Crippen molar-refractivity contribution >= 4 is 21.4 Å². The number of H-pyrrole nitrogens is 1. The van der Waals surface area contributed by atoms with Crippen LogP contribution in [0.4, 0.5) is 11.4 Å². The van der Waals surface area contributed by atoms with Crippen LogP contribution >= 0.6 is 0 Å². The zero-order chi connectivity index (χ0) is 14.9. The summed E-state index contributed by atoms with van der Waals surface area (Å²) in [7, 11) is -3.93. The lowest BCUT2D eigenvalue weighted by Gasteiger charge is -2.08. The summed E-state index contributed by atoms with van der Waals surface area (Å²) in [5, 5.41) is 26.2. The first kappa shape index (κ1) is 13.8. The topological polar surface area (TPSA) is 138 Å². The van der Waals surface area contributed by atoms with Crippen molar-refractivity contribution in [1.29, 1.82) is 0 Å². The molecule has 106 valence electrons. The quantitative estimate of drug-likeness (QED) is 0.439. The van der Waals surface area contributed by atoms with E-state index in [0.29, 0.717) is 5.69 Å². The predicted molar refractivity (Wildman–Crippen MR) is 68.9 cm³/mol. The molecule has 0 aliphatic carbocycles. The first-order valence-electron chi connectivity index (χ1n) is 5.31. The second-order valence-electron chi connectivity index (χ2n) is 3.92. The number of benzene rings is 1. The summed E-state index contributed by atoms with van der Waals surface area (Å²) in [6.07, 6.45) is 1.13. The summed E-state index contributed by atoms with van der Waals surface area (Å²) in [6, 6.07) is 3.06. The van der Waals surface area contributed by atoms with E-state index in [1.807, 2.05) is 0 Å². The van der Waals surface area contributed by atoms with E-state index < -0.39 is 20.7 Å². The SMILES string of the molecule is Cc1[nH]ncc1S(=O)(=O)Nc1ccc([N+](=O)[O-])cc1O. The molecule has 0 saturated carbocycles. The van der Waals surface area contributed by atoms with Gasteiger partial charge in [0.15, 0.2) is 0 Å². The molecule has 10 heteroatoms. The van der Waals surface area contributed by atoms with Gasteiger partial charge < -0.3 is 5.11 Å². The lowest BCUT2D eigenvalue weighted by Crippen LogP contribution is -2.13. The van der Waals surface area contributed by atoms with E-state index in [1.54, 1.807) is 0 Å². The molecule has 2 aromatic rings. The van der Waals surface area contributed by atoms with Crippen molar-refractivity contribution in [2.75, 3.05) is 4.72 Å². The molecule has 0 aliphatic rings. The standard InChI is InChI=1S/C10H10N4O5S/c1-6-10(5-11-12-6)20(18,19)13-8-3-2-7(14(16)17)4-9(8)15/h2-5,13,15H,1H3,(H,11,12). The molecule has 0 fully saturated rings. The molecule has 2 rings (SSSR count). The van der Waals surface area contributed by atoms with E-state index in [4.69, 9.17) is 0 Å². The predicted octanol–water partition coefficient (Wildman–Crippen LogP) is 1.13. The minimum atomic E-state index is -3.93. The fourth-order valence-corrected chi connectivity index (χ4v) is 2.74. The Hall–Kier alpha value is -2.62. The van der Waals surface area contributed by atoms with Crippen molar-refractivity contribution < 1.29 is 18.4 Å². The van der Waals surface area contributed by atoms with Gasteiger partial charge in [-0.2, -0.15) is 5.10 Å². The van der Waals surface area contributed by atoms with Gasteiger partial charge in [0.05, 0.1) is 28.6 Å². The minimum absolute atomic E-state index is 0.0738. The molecule has 9 nitrogen and oxygen atoms in total. The minimum Gasteiger partial charge on any atom is -0.505 e. The molecule has 0 amide bonds. The van der Waals surface area contributed by atoms with Crippen molar-refractivity contribution in [3.05, 3.63) is 40.2 Å². The number of aromatic amines is 1. The van der Waals surface area contributed by atoms with Gasteiger partial charge in [0.25, 0.3) is 15.7 Å². The molecule has 3 N–H and O–H groups in total. The number of nitrogens with zero attached hydrogens (tertiary/aromatic N) is 2. The highest BCUT2D eigenvalue weighted by Gasteiger charge is 2.21. The van der Waals surface area contributed by atoms with Gasteiger partial charge in [0.2, 0.25) is 0 Å². The van der Waals surface area contributed by atoms with E-state index in [1.165, 1.54) is 6.92 Å². The normalized spacial score (nSPS) is 11.2. The van der Waals surface area contributed by atoms with E-state index in [9.17, 15) is 23.6 Å². The Morgan fingerprint density at radius 2 is 2.15 bits per heavy atom. The largest absolute Gasteiger partial charge is 0.505 e. The summed E-state index contributed by atoms with van der Waals surface area (Å²) >= 11 is 0. The first-order chi connectivity index (χ1) is 9.31. The Kier molecular flexibility index (Phi) is 3.32. The van der Waals surface area contributed by atoms with Gasteiger partial charge in [0.1, 0.15) is 10.6 Å². The second-order valence-corrected chi connectivity index (χ2v) is 5.57. The summed E-state index contributed by atoms with van der Waals surface area (Å²) in [5.74, 6) is -0.538. The Bertz CT molecular complexity index is 768. The Labute approximate surface area is 113 Å². The Morgan fingerprint density at radius 1 is 1.45 bits per heavy atom. The van der Waals surface area contributed by atoms with Crippen molar-refractivity contribution in [2.24, 2.45) is 0 Å². The van der Waals surface area contributed by atoms with Gasteiger partial charge in [-0.05, 0) is 13.0 Å². The molecule has 0 radical (unpaired) electrons. The van der Waals surface area contributed by atoms with Gasteiger partial charge in [-0.15, -0.1) is 0 Å². The van der Waals surface area contributed by atoms with Crippen molar-refractivity contribution in [2.45, 2.75) is 11.8 Å². The number of aromatic hydroxyl groups is 1. The highest BCUT2D eigenvalue weighted by Crippen LogP contribution is 2.29. The average molecular weight is 298 g/mol.